The second-order valence-electron chi connectivity index (χ2n) is 6.63. The summed E-state index contributed by atoms with van der Waals surface area (Å²) in [5, 5.41) is 8.69. The number of rotatable bonds is 8. The second-order valence-corrected chi connectivity index (χ2v) is 8.67. The van der Waals surface area contributed by atoms with Gasteiger partial charge in [-0.25, -0.2) is 0 Å². The van der Waals surface area contributed by atoms with Crippen LogP contribution in [-0.2, 0) is 11.5 Å². The summed E-state index contributed by atoms with van der Waals surface area (Å²) in [6.45, 7) is 2.09. The van der Waals surface area contributed by atoms with Crippen molar-refractivity contribution in [3.05, 3.63) is 95.1 Å². The van der Waals surface area contributed by atoms with Crippen LogP contribution >= 0.6 is 23.5 Å². The van der Waals surface area contributed by atoms with E-state index in [9.17, 15) is 0 Å². The predicted octanol–water partition coefficient (Wildman–Crippen LogP) is 5.88. The molecule has 0 aliphatic heterocycles. The number of thioether (sulfide) groups is 2. The molecule has 3 aromatic rings. The van der Waals surface area contributed by atoms with Gasteiger partial charge >= 0.3 is 0 Å². The molecule has 0 aromatic heterocycles. The molecule has 0 aliphatic carbocycles. The molecule has 0 saturated carbocycles. The van der Waals surface area contributed by atoms with Gasteiger partial charge in [-0.2, -0.15) is 5.10 Å². The molecule has 0 aliphatic rings. The number of hydrogen-bond donors (Lipinski definition) is 1. The van der Waals surface area contributed by atoms with Gasteiger partial charge in [0.1, 0.15) is 5.75 Å². The van der Waals surface area contributed by atoms with E-state index in [1.807, 2.05) is 30.3 Å². The standard InChI is InChI=1S/C24H25N3OS2/c1-18-8-11-22(12-9-18)29-17-21-14-20(10-13-23(21)28-2)15-26-27-24(25)30-16-19-6-4-3-5-7-19/h3-15H,16-17H2,1-2H3,(H2,25,27). The van der Waals surface area contributed by atoms with Crippen molar-refractivity contribution in [3.63, 3.8) is 0 Å². The summed E-state index contributed by atoms with van der Waals surface area (Å²) >= 11 is 3.25. The maximum atomic E-state index is 5.96. The Morgan fingerprint density at radius 2 is 1.77 bits per heavy atom. The highest BCUT2D eigenvalue weighted by atomic mass is 32.2. The molecule has 4 nitrogen and oxygen atoms in total. The molecule has 0 amide bonds. The third-order valence-corrected chi connectivity index (χ3v) is 6.23. The molecular weight excluding hydrogens is 410 g/mol. The largest absolute Gasteiger partial charge is 0.496 e. The Balaban J connectivity index is 1.61. The average molecular weight is 436 g/mol. The molecule has 0 bridgehead atoms. The lowest BCUT2D eigenvalue weighted by Gasteiger charge is -2.09. The van der Waals surface area contributed by atoms with Crippen LogP contribution < -0.4 is 10.5 Å². The highest BCUT2D eigenvalue weighted by molar-refractivity contribution is 8.13. The Hall–Kier alpha value is -2.70. The number of methoxy groups -OCH3 is 1. The molecule has 0 fully saturated rings. The smallest absolute Gasteiger partial charge is 0.180 e. The van der Waals surface area contributed by atoms with Gasteiger partial charge < -0.3 is 10.5 Å². The van der Waals surface area contributed by atoms with Crippen molar-refractivity contribution in [2.24, 2.45) is 15.9 Å². The Labute approximate surface area is 186 Å². The van der Waals surface area contributed by atoms with Gasteiger partial charge in [0.05, 0.1) is 13.3 Å². The predicted molar refractivity (Wildman–Crippen MR) is 131 cm³/mol. The van der Waals surface area contributed by atoms with E-state index in [1.54, 1.807) is 25.1 Å². The number of benzene rings is 3. The second kappa shape index (κ2) is 11.5. The lowest BCUT2D eigenvalue weighted by molar-refractivity contribution is 0.411. The van der Waals surface area contributed by atoms with Crippen molar-refractivity contribution in [2.45, 2.75) is 23.3 Å². The van der Waals surface area contributed by atoms with Gasteiger partial charge in [0.2, 0.25) is 0 Å². The fourth-order valence-electron chi connectivity index (χ4n) is 2.70. The molecule has 3 rings (SSSR count). The minimum absolute atomic E-state index is 0.443. The van der Waals surface area contributed by atoms with Crippen LogP contribution in [0, 0.1) is 6.92 Å². The van der Waals surface area contributed by atoms with E-state index < -0.39 is 0 Å². The van der Waals surface area contributed by atoms with Crippen LogP contribution in [0.3, 0.4) is 0 Å². The Morgan fingerprint density at radius 3 is 2.50 bits per heavy atom. The summed E-state index contributed by atoms with van der Waals surface area (Å²) in [5.41, 5.74) is 10.5. The lowest BCUT2D eigenvalue weighted by Crippen LogP contribution is -2.06. The van der Waals surface area contributed by atoms with Crippen LogP contribution in [0.4, 0.5) is 0 Å². The van der Waals surface area contributed by atoms with Gasteiger partial charge in [-0.3, -0.25) is 0 Å². The molecule has 154 valence electrons. The molecule has 0 atom stereocenters. The topological polar surface area (TPSA) is 60.0 Å². The molecule has 6 heteroatoms. The van der Waals surface area contributed by atoms with E-state index in [2.05, 4.69) is 59.6 Å². The summed E-state index contributed by atoms with van der Waals surface area (Å²) in [4.78, 5) is 1.23. The number of hydrogen-bond acceptors (Lipinski definition) is 5. The van der Waals surface area contributed by atoms with Crippen molar-refractivity contribution >= 4 is 34.9 Å². The first-order valence-corrected chi connectivity index (χ1v) is 11.5. The minimum atomic E-state index is 0.443. The summed E-state index contributed by atoms with van der Waals surface area (Å²) in [6, 6.07) is 24.7. The quantitative estimate of drug-likeness (QED) is 0.208. The van der Waals surface area contributed by atoms with E-state index in [1.165, 1.54) is 27.8 Å². The summed E-state index contributed by atoms with van der Waals surface area (Å²) in [6.07, 6.45) is 1.72. The summed E-state index contributed by atoms with van der Waals surface area (Å²) in [7, 11) is 1.69. The van der Waals surface area contributed by atoms with Gasteiger partial charge in [0.25, 0.3) is 0 Å². The average Bonchev–Trinajstić information content (AvgIpc) is 2.78. The lowest BCUT2D eigenvalue weighted by atomic mass is 10.1. The minimum Gasteiger partial charge on any atom is -0.496 e. The molecule has 0 radical (unpaired) electrons. The molecular formula is C24H25N3OS2. The van der Waals surface area contributed by atoms with Crippen molar-refractivity contribution in [3.8, 4) is 5.75 Å². The van der Waals surface area contributed by atoms with Gasteiger partial charge in [0, 0.05) is 22.0 Å². The SMILES string of the molecule is COc1ccc(C=NN=C(N)SCc2ccccc2)cc1CSc1ccc(C)cc1. The number of nitrogens with two attached hydrogens (primary N) is 1. The molecule has 0 saturated heterocycles. The first kappa shape index (κ1) is 22.0. The van der Waals surface area contributed by atoms with Gasteiger partial charge in [-0.05, 0) is 48.4 Å². The monoisotopic (exact) mass is 435 g/mol. The van der Waals surface area contributed by atoms with Gasteiger partial charge in [-0.15, -0.1) is 16.9 Å². The van der Waals surface area contributed by atoms with Crippen LogP contribution in [0.2, 0.25) is 0 Å². The maximum absolute atomic E-state index is 5.96. The molecule has 3 aromatic carbocycles. The zero-order valence-corrected chi connectivity index (χ0v) is 18.7. The van der Waals surface area contributed by atoms with Crippen LogP contribution in [0.25, 0.3) is 0 Å². The van der Waals surface area contributed by atoms with E-state index >= 15 is 0 Å². The zero-order chi connectivity index (χ0) is 21.2. The molecule has 30 heavy (non-hydrogen) atoms. The summed E-state index contributed by atoms with van der Waals surface area (Å²) < 4.78 is 5.52. The Morgan fingerprint density at radius 1 is 1.00 bits per heavy atom. The normalized spacial score (nSPS) is 11.7. The fourth-order valence-corrected chi connectivity index (χ4v) is 4.19. The zero-order valence-electron chi connectivity index (χ0n) is 17.1. The van der Waals surface area contributed by atoms with Gasteiger partial charge in [-0.1, -0.05) is 59.8 Å². The fraction of sp³-hybridized carbons (Fsp3) is 0.167. The highest BCUT2D eigenvalue weighted by Crippen LogP contribution is 2.28. The summed E-state index contributed by atoms with van der Waals surface area (Å²) in [5.74, 6) is 2.45. The number of ether oxygens (including phenoxy) is 1. The van der Waals surface area contributed by atoms with E-state index in [4.69, 9.17) is 10.5 Å². The van der Waals surface area contributed by atoms with Crippen LogP contribution in [0.5, 0.6) is 5.75 Å². The van der Waals surface area contributed by atoms with E-state index in [-0.39, 0.29) is 0 Å². The molecule has 0 unspecified atom stereocenters. The first-order chi connectivity index (χ1) is 14.6. The Kier molecular flexibility index (Phi) is 8.41. The van der Waals surface area contributed by atoms with Crippen LogP contribution in [0.1, 0.15) is 22.3 Å². The third kappa shape index (κ3) is 6.97. The van der Waals surface area contributed by atoms with Crippen molar-refractivity contribution in [1.82, 2.24) is 0 Å². The van der Waals surface area contributed by atoms with Crippen molar-refractivity contribution in [1.29, 1.82) is 0 Å². The Bertz CT molecular complexity index is 1000. The third-order valence-electron chi connectivity index (χ3n) is 4.31. The maximum Gasteiger partial charge on any atom is 0.180 e. The van der Waals surface area contributed by atoms with Crippen LogP contribution in [0.15, 0.2) is 87.9 Å². The van der Waals surface area contributed by atoms with E-state index in [0.717, 1.165) is 28.4 Å². The van der Waals surface area contributed by atoms with Crippen LogP contribution in [-0.4, -0.2) is 18.5 Å². The number of aryl methyl sites for hydroxylation is 1. The van der Waals surface area contributed by atoms with Crippen molar-refractivity contribution in [2.75, 3.05) is 7.11 Å². The highest BCUT2D eigenvalue weighted by Gasteiger charge is 2.05. The van der Waals surface area contributed by atoms with E-state index in [0.29, 0.717) is 5.17 Å². The molecule has 2 N–H and O–H groups in total. The van der Waals surface area contributed by atoms with Gasteiger partial charge in [0.15, 0.2) is 5.17 Å². The van der Waals surface area contributed by atoms with Crippen molar-refractivity contribution < 1.29 is 4.74 Å². The first-order valence-electron chi connectivity index (χ1n) is 9.53. The number of nitrogens with zero attached hydrogens (tertiary/aromatic N) is 2. The molecule has 0 heterocycles. The molecule has 0 spiro atoms. The number of amidine groups is 1.